The van der Waals surface area contributed by atoms with E-state index < -0.39 is 22.0 Å². The van der Waals surface area contributed by atoms with Gasteiger partial charge in [0.15, 0.2) is 0 Å². The maximum Gasteiger partial charge on any atom is 0.319 e. The summed E-state index contributed by atoms with van der Waals surface area (Å²) in [5, 5.41) is 10.4. The summed E-state index contributed by atoms with van der Waals surface area (Å²) >= 11 is 0. The average Bonchev–Trinajstić information content (AvgIpc) is 2.68. The molecule has 0 heterocycles. The molecule has 2 rings (SSSR count). The van der Waals surface area contributed by atoms with Crippen molar-refractivity contribution >= 4 is 44.9 Å². The second-order valence-corrected chi connectivity index (χ2v) is 8.32. The van der Waals surface area contributed by atoms with Crippen molar-refractivity contribution in [2.75, 3.05) is 22.5 Å². The van der Waals surface area contributed by atoms with Gasteiger partial charge < -0.3 is 21.3 Å². The third kappa shape index (κ3) is 7.39. The van der Waals surface area contributed by atoms with Gasteiger partial charge in [-0.25, -0.2) is 13.2 Å². The first-order valence-corrected chi connectivity index (χ1v) is 10.9. The fraction of sp³-hybridized carbons (Fsp3) is 0.250. The van der Waals surface area contributed by atoms with E-state index in [1.807, 2.05) is 0 Å². The van der Waals surface area contributed by atoms with Crippen molar-refractivity contribution in [3.63, 3.8) is 0 Å². The predicted molar refractivity (Wildman–Crippen MR) is 118 cm³/mol. The van der Waals surface area contributed by atoms with E-state index >= 15 is 0 Å². The van der Waals surface area contributed by atoms with Gasteiger partial charge in [-0.2, -0.15) is 4.72 Å². The molecule has 5 N–H and O–H groups in total. The average molecular weight is 448 g/mol. The quantitative estimate of drug-likeness (QED) is 0.421. The summed E-state index contributed by atoms with van der Waals surface area (Å²) in [6.07, 6.45) is 0. The molecule has 1 atom stereocenters. The topological polar surface area (TPSA) is 146 Å². The smallest absolute Gasteiger partial charge is 0.319 e. The Morgan fingerprint density at radius 2 is 1.52 bits per heavy atom. The Labute approximate surface area is 180 Å². The summed E-state index contributed by atoms with van der Waals surface area (Å²) in [7, 11) is -3.96. The van der Waals surface area contributed by atoms with E-state index in [1.54, 1.807) is 31.2 Å². The molecule has 0 unspecified atom stereocenters. The van der Waals surface area contributed by atoms with Crippen LogP contribution in [0.4, 0.5) is 21.9 Å². The summed E-state index contributed by atoms with van der Waals surface area (Å²) in [5.74, 6) is -0.849. The molecule has 10 nitrogen and oxygen atoms in total. The molecule has 0 aromatic heterocycles. The number of carbonyl (C=O) groups excluding carboxylic acids is 3. The minimum Gasteiger partial charge on any atom is -0.338 e. The number of benzene rings is 2. The van der Waals surface area contributed by atoms with Gasteiger partial charge in [-0.3, -0.25) is 9.59 Å². The van der Waals surface area contributed by atoms with E-state index in [1.165, 1.54) is 38.1 Å². The van der Waals surface area contributed by atoms with Gasteiger partial charge >= 0.3 is 6.03 Å². The molecular weight excluding hydrogens is 422 g/mol. The van der Waals surface area contributed by atoms with Gasteiger partial charge in [0.05, 0.1) is 10.9 Å². The number of hydrogen-bond acceptors (Lipinski definition) is 5. The number of rotatable bonds is 8. The molecule has 0 bridgehead atoms. The Kier molecular flexibility index (Phi) is 8.11. The minimum atomic E-state index is -3.96. The Bertz CT molecular complexity index is 1050. The Morgan fingerprint density at radius 1 is 0.903 bits per heavy atom. The standard InChI is InChI=1S/C20H25N5O5S/c1-4-21-20(28)24-17-7-5-6-16(12-17)23-19(27)13(2)25-31(29,30)18-10-8-15(9-11-18)22-14(3)26/h5-13,25H,4H2,1-3H3,(H,22,26)(H,23,27)(H2,21,24,28)/t13-/m0/s1. The molecular formula is C20H25N5O5S. The predicted octanol–water partition coefficient (Wildman–Crippen LogP) is 2.09. The van der Waals surface area contributed by atoms with Crippen molar-refractivity contribution in [1.82, 2.24) is 10.0 Å². The second kappa shape index (κ2) is 10.5. The Morgan fingerprint density at radius 3 is 2.10 bits per heavy atom. The fourth-order valence-corrected chi connectivity index (χ4v) is 3.74. The third-order valence-electron chi connectivity index (χ3n) is 3.94. The van der Waals surface area contributed by atoms with E-state index in [4.69, 9.17) is 0 Å². The molecule has 0 spiro atoms. The monoisotopic (exact) mass is 447 g/mol. The van der Waals surface area contributed by atoms with Crippen LogP contribution >= 0.6 is 0 Å². The number of hydrogen-bond donors (Lipinski definition) is 5. The van der Waals surface area contributed by atoms with Crippen molar-refractivity contribution in [3.05, 3.63) is 48.5 Å². The highest BCUT2D eigenvalue weighted by Crippen LogP contribution is 2.17. The van der Waals surface area contributed by atoms with Crippen LogP contribution in [0.15, 0.2) is 53.4 Å². The first-order valence-electron chi connectivity index (χ1n) is 9.46. The number of carbonyl (C=O) groups is 3. The van der Waals surface area contributed by atoms with Gasteiger partial charge in [0.1, 0.15) is 0 Å². The lowest BCUT2D eigenvalue weighted by molar-refractivity contribution is -0.117. The fourth-order valence-electron chi connectivity index (χ4n) is 2.54. The zero-order valence-corrected chi connectivity index (χ0v) is 18.2. The summed E-state index contributed by atoms with van der Waals surface area (Å²) in [6.45, 7) is 5.01. The van der Waals surface area contributed by atoms with Gasteiger partial charge in [0.2, 0.25) is 21.8 Å². The number of anilines is 3. The number of amides is 4. The third-order valence-corrected chi connectivity index (χ3v) is 5.49. The molecule has 0 saturated heterocycles. The van der Waals surface area contributed by atoms with E-state index in [9.17, 15) is 22.8 Å². The molecule has 166 valence electrons. The van der Waals surface area contributed by atoms with Crippen molar-refractivity contribution in [2.45, 2.75) is 31.7 Å². The molecule has 31 heavy (non-hydrogen) atoms. The van der Waals surface area contributed by atoms with Crippen LogP contribution in [0.1, 0.15) is 20.8 Å². The number of urea groups is 1. The highest BCUT2D eigenvalue weighted by Gasteiger charge is 2.22. The van der Waals surface area contributed by atoms with Crippen LogP contribution in [0.25, 0.3) is 0 Å². The Balaban J connectivity index is 2.01. The van der Waals surface area contributed by atoms with Crippen LogP contribution in [-0.4, -0.2) is 38.8 Å². The number of sulfonamides is 1. The molecule has 0 aliphatic rings. The largest absolute Gasteiger partial charge is 0.338 e. The van der Waals surface area contributed by atoms with Crippen molar-refractivity contribution in [3.8, 4) is 0 Å². The van der Waals surface area contributed by atoms with Crippen molar-refractivity contribution < 1.29 is 22.8 Å². The van der Waals surface area contributed by atoms with E-state index in [2.05, 4.69) is 26.0 Å². The molecule has 2 aromatic carbocycles. The molecule has 0 aliphatic carbocycles. The van der Waals surface area contributed by atoms with Crippen LogP contribution < -0.4 is 26.0 Å². The molecule has 0 saturated carbocycles. The van der Waals surface area contributed by atoms with Gasteiger partial charge in [-0.05, 0) is 56.3 Å². The highest BCUT2D eigenvalue weighted by atomic mass is 32.2. The van der Waals surface area contributed by atoms with Crippen LogP contribution in [0, 0.1) is 0 Å². The van der Waals surface area contributed by atoms with E-state index in [0.717, 1.165) is 0 Å². The summed E-state index contributed by atoms with van der Waals surface area (Å²) < 4.78 is 27.4. The van der Waals surface area contributed by atoms with Crippen LogP contribution in [0.3, 0.4) is 0 Å². The first-order chi connectivity index (χ1) is 14.6. The second-order valence-electron chi connectivity index (χ2n) is 6.60. The first kappa shape index (κ1) is 23.8. The SMILES string of the molecule is CCNC(=O)Nc1cccc(NC(=O)[C@H](C)NS(=O)(=O)c2ccc(NC(C)=O)cc2)c1. The zero-order chi connectivity index (χ0) is 23.0. The van der Waals surface area contributed by atoms with E-state index in [-0.39, 0.29) is 16.8 Å². The van der Waals surface area contributed by atoms with Crippen molar-refractivity contribution in [2.24, 2.45) is 0 Å². The van der Waals surface area contributed by atoms with Gasteiger partial charge in [-0.15, -0.1) is 0 Å². The maximum absolute atomic E-state index is 12.5. The lowest BCUT2D eigenvalue weighted by atomic mass is 10.2. The summed E-state index contributed by atoms with van der Waals surface area (Å²) in [6, 6.07) is 10.6. The molecule has 0 aliphatic heterocycles. The van der Waals surface area contributed by atoms with Gasteiger partial charge in [0, 0.05) is 30.5 Å². The Hall–Kier alpha value is -3.44. The van der Waals surface area contributed by atoms with Crippen LogP contribution in [0.2, 0.25) is 0 Å². The molecule has 0 radical (unpaired) electrons. The maximum atomic E-state index is 12.5. The molecule has 4 amide bonds. The minimum absolute atomic E-state index is 0.0469. The zero-order valence-electron chi connectivity index (χ0n) is 17.4. The van der Waals surface area contributed by atoms with Gasteiger partial charge in [-0.1, -0.05) is 6.07 Å². The van der Waals surface area contributed by atoms with Crippen LogP contribution in [0.5, 0.6) is 0 Å². The summed E-state index contributed by atoms with van der Waals surface area (Å²) in [4.78, 5) is 35.1. The lowest BCUT2D eigenvalue weighted by Crippen LogP contribution is -2.41. The van der Waals surface area contributed by atoms with Crippen molar-refractivity contribution in [1.29, 1.82) is 0 Å². The lowest BCUT2D eigenvalue weighted by Gasteiger charge is -2.15. The molecule has 11 heteroatoms. The van der Waals surface area contributed by atoms with Crippen LogP contribution in [-0.2, 0) is 19.6 Å². The summed E-state index contributed by atoms with van der Waals surface area (Å²) in [5.41, 5.74) is 1.32. The molecule has 2 aromatic rings. The number of nitrogens with one attached hydrogen (secondary N) is 5. The van der Waals surface area contributed by atoms with E-state index in [0.29, 0.717) is 23.6 Å². The normalized spacial score (nSPS) is 11.8. The van der Waals surface area contributed by atoms with Gasteiger partial charge in [0.25, 0.3) is 0 Å². The molecule has 0 fully saturated rings. The highest BCUT2D eigenvalue weighted by molar-refractivity contribution is 7.89.